The molecule has 2 unspecified atom stereocenters. The van der Waals surface area contributed by atoms with Crippen LogP contribution >= 0.6 is 0 Å². The number of likely N-dealkylation sites (tertiary alicyclic amines) is 3. The Morgan fingerprint density at radius 2 is 1.00 bits per heavy atom. The number of hydrogen-bond acceptors (Lipinski definition) is 10. The van der Waals surface area contributed by atoms with Crippen molar-refractivity contribution in [1.82, 2.24) is 30.7 Å². The summed E-state index contributed by atoms with van der Waals surface area (Å²) in [6.45, 7) is 33.3. The molecule has 3 heterocycles. The molecule has 3 aliphatic carbocycles. The van der Waals surface area contributed by atoms with Crippen molar-refractivity contribution in [2.24, 2.45) is 28.1 Å². The van der Waals surface area contributed by atoms with E-state index in [2.05, 4.69) is 106 Å². The lowest BCUT2D eigenvalue weighted by molar-refractivity contribution is -0.122. The van der Waals surface area contributed by atoms with Gasteiger partial charge in [0, 0.05) is 81.9 Å². The van der Waals surface area contributed by atoms with Crippen molar-refractivity contribution in [3.63, 3.8) is 0 Å². The zero-order valence-electron chi connectivity index (χ0n) is 40.3. The number of rotatable bonds is 13. The topological polar surface area (TPSA) is 201 Å². The summed E-state index contributed by atoms with van der Waals surface area (Å²) in [7, 11) is 0. The summed E-state index contributed by atoms with van der Waals surface area (Å²) < 4.78 is 0. The van der Waals surface area contributed by atoms with Crippen molar-refractivity contribution in [2.45, 2.75) is 125 Å². The first-order valence-corrected chi connectivity index (χ1v) is 24.0. The lowest BCUT2D eigenvalue weighted by Crippen LogP contribution is -2.47. The van der Waals surface area contributed by atoms with Crippen LogP contribution < -0.4 is 16.0 Å². The van der Waals surface area contributed by atoms with Gasteiger partial charge in [-0.15, -0.1) is 0 Å². The quantitative estimate of drug-likeness (QED) is 0.0989. The third kappa shape index (κ3) is 11.4. The average molecular weight is 907 g/mol. The highest BCUT2D eigenvalue weighted by Gasteiger charge is 2.47. The molecule has 2 atom stereocenters. The van der Waals surface area contributed by atoms with E-state index in [0.717, 1.165) is 94.9 Å². The average Bonchev–Trinajstić information content (AvgIpc) is 4.11. The van der Waals surface area contributed by atoms with Crippen molar-refractivity contribution >= 4 is 17.7 Å². The summed E-state index contributed by atoms with van der Waals surface area (Å²) in [6, 6.07) is 7.60. The lowest BCUT2D eigenvalue weighted by atomic mass is 9.70. The maximum absolute atomic E-state index is 14.2. The number of allylic oxidation sites excluding steroid dienone is 7. The van der Waals surface area contributed by atoms with Crippen molar-refractivity contribution in [2.75, 3.05) is 58.9 Å². The largest absolute Gasteiger partial charge is 0.384 e. The van der Waals surface area contributed by atoms with E-state index in [-0.39, 0.29) is 47.0 Å². The third-order valence-corrected chi connectivity index (χ3v) is 14.4. The van der Waals surface area contributed by atoms with Gasteiger partial charge in [-0.25, -0.2) is 11.4 Å². The molecule has 0 bridgehead atoms. The normalized spacial score (nSPS) is 24.1. The molecule has 0 aromatic rings. The zero-order valence-corrected chi connectivity index (χ0v) is 40.3. The van der Waals surface area contributed by atoms with E-state index in [1.165, 1.54) is 0 Å². The van der Waals surface area contributed by atoms with Gasteiger partial charge in [0.25, 0.3) is 17.9 Å². The van der Waals surface area contributed by atoms with Gasteiger partial charge >= 0.3 is 5.91 Å². The van der Waals surface area contributed by atoms with Crippen molar-refractivity contribution in [3.8, 4) is 24.3 Å². The van der Waals surface area contributed by atoms with Crippen molar-refractivity contribution in [3.05, 3.63) is 79.1 Å². The number of nitrogens with one attached hydrogen (secondary N) is 3. The minimum absolute atomic E-state index is 0.112. The molecule has 352 valence electrons. The smallest absolute Gasteiger partial charge is 0.302 e. The van der Waals surface area contributed by atoms with Crippen LogP contribution in [0.15, 0.2) is 56.2 Å². The summed E-state index contributed by atoms with van der Waals surface area (Å²) in [5.41, 5.74) is 3.29. The maximum Gasteiger partial charge on any atom is 0.302 e. The van der Waals surface area contributed by atoms with E-state index in [1.807, 2.05) is 0 Å². The van der Waals surface area contributed by atoms with Crippen LogP contribution in [-0.2, 0) is 14.4 Å². The van der Waals surface area contributed by atoms with Gasteiger partial charge in [0.1, 0.15) is 35.4 Å². The second-order valence-corrected chi connectivity index (χ2v) is 21.6. The Kier molecular flexibility index (Phi) is 15.6. The van der Waals surface area contributed by atoms with Gasteiger partial charge in [-0.05, 0) is 104 Å². The van der Waals surface area contributed by atoms with Gasteiger partial charge in [0.05, 0.1) is 23.6 Å². The summed E-state index contributed by atoms with van der Waals surface area (Å²) in [5.74, 6) is -3.31. The van der Waals surface area contributed by atoms with Crippen LogP contribution in [0.4, 0.5) is 0 Å². The van der Waals surface area contributed by atoms with E-state index >= 15 is 0 Å². The molecule has 0 aromatic carbocycles. The molecule has 3 saturated heterocycles. The second-order valence-electron chi connectivity index (χ2n) is 21.6. The van der Waals surface area contributed by atoms with E-state index in [9.17, 15) is 35.4 Å². The molecular formula is C52H66N12O3. The van der Waals surface area contributed by atoms with Gasteiger partial charge in [-0.2, -0.15) is 21.0 Å². The zero-order chi connectivity index (χ0) is 48.7. The molecule has 3 N–H and O–H groups in total. The third-order valence-electron chi connectivity index (χ3n) is 14.4. The van der Waals surface area contributed by atoms with Crippen LogP contribution in [0.2, 0.25) is 0 Å². The summed E-state index contributed by atoms with van der Waals surface area (Å²) >= 11 is 0. The monoisotopic (exact) mass is 907 g/mol. The Labute approximate surface area is 397 Å². The van der Waals surface area contributed by atoms with Gasteiger partial charge < -0.3 is 35.5 Å². The Morgan fingerprint density at radius 1 is 0.612 bits per heavy atom. The summed E-state index contributed by atoms with van der Waals surface area (Å²) in [4.78, 5) is 56.8. The van der Waals surface area contributed by atoms with Crippen molar-refractivity contribution in [1.29, 1.82) is 21.0 Å². The number of nitriles is 4. The fraction of sp³-hybridized carbons (Fsp3) is 0.635. The molecule has 0 saturated carbocycles. The number of carbonyl (C=O) groups excluding carboxylic acids is 3. The Hall–Kier alpha value is -6.55. The molecule has 6 aliphatic rings. The molecule has 15 heteroatoms. The number of amides is 3. The minimum Gasteiger partial charge on any atom is -0.384 e. The SMILES string of the molecule is [C-]#[N+]C1=C(N2CCCC2)CC(C)(C)CC1C([N+]#[C-])C(=O)NCC(CNC(=O)/C(C#N)=C1\CC(C)(C)CC(N2CCCC2)=C1C#N)CNC(=O)/C(C#N)=C1\CC(C)(C)CC(N2CCCC2)=C1C#N. The number of hydrogen-bond donors (Lipinski definition) is 3. The minimum atomic E-state index is -1.21. The summed E-state index contributed by atoms with van der Waals surface area (Å²) in [6.07, 6.45) is 9.14. The Balaban J connectivity index is 1.29. The lowest BCUT2D eigenvalue weighted by Gasteiger charge is -2.39. The fourth-order valence-electron chi connectivity index (χ4n) is 11.1. The maximum atomic E-state index is 14.2. The van der Waals surface area contributed by atoms with E-state index < -0.39 is 35.6 Å². The van der Waals surface area contributed by atoms with Crippen LogP contribution in [0.5, 0.6) is 0 Å². The van der Waals surface area contributed by atoms with E-state index in [4.69, 9.17) is 13.1 Å². The van der Waals surface area contributed by atoms with Gasteiger partial charge in [-0.3, -0.25) is 14.4 Å². The summed E-state index contributed by atoms with van der Waals surface area (Å²) in [5, 5.41) is 50.6. The van der Waals surface area contributed by atoms with Crippen LogP contribution in [0.25, 0.3) is 9.69 Å². The highest BCUT2D eigenvalue weighted by molar-refractivity contribution is 6.00. The van der Waals surface area contributed by atoms with Gasteiger partial charge in [0.2, 0.25) is 0 Å². The Morgan fingerprint density at radius 3 is 1.37 bits per heavy atom. The highest BCUT2D eigenvalue weighted by Crippen LogP contribution is 2.48. The van der Waals surface area contributed by atoms with Crippen LogP contribution in [-0.4, -0.2) is 97.4 Å². The van der Waals surface area contributed by atoms with E-state index in [0.29, 0.717) is 66.5 Å². The molecule has 6 rings (SSSR count). The van der Waals surface area contributed by atoms with Gasteiger partial charge in [-0.1, -0.05) is 41.5 Å². The molecule has 0 aromatic heterocycles. The standard InChI is InChI=1S/C52H66N12O3/c1-50(2)21-35(38(27-53)42(24-50)62-15-9-10-16-62)40(29-55)47(65)59-31-34(32-60-48(66)41(30-56)36-22-51(3,4)25-43(39(36)28-54)63-17-11-12-18-63)33-61-49(67)46(58-8)37-23-52(5,6)26-44(45(37)57-7)64-19-13-14-20-64/h34,37,46H,9-26,31-33H2,1-6H3,(H,59,65)(H,60,66)(H,61,67)/b40-35+,41-36+. The first-order valence-electron chi connectivity index (χ1n) is 24.0. The number of nitrogens with zero attached hydrogens (tertiary/aromatic N) is 9. The van der Waals surface area contributed by atoms with Crippen molar-refractivity contribution < 1.29 is 14.4 Å². The van der Waals surface area contributed by atoms with E-state index in [1.54, 1.807) is 0 Å². The predicted octanol–water partition coefficient (Wildman–Crippen LogP) is 6.93. The first-order chi connectivity index (χ1) is 31.9. The predicted molar refractivity (Wildman–Crippen MR) is 252 cm³/mol. The molecular weight excluding hydrogens is 841 g/mol. The molecule has 0 radical (unpaired) electrons. The number of carbonyl (C=O) groups is 3. The van der Waals surface area contributed by atoms with Crippen LogP contribution in [0, 0.1) is 86.5 Å². The van der Waals surface area contributed by atoms with Gasteiger partial charge in [0.15, 0.2) is 5.70 Å². The molecule has 3 fully saturated rings. The first kappa shape index (κ1) is 49.9. The Bertz CT molecular complexity index is 2310. The fourth-order valence-corrected chi connectivity index (χ4v) is 11.1. The molecule has 3 amide bonds. The van der Waals surface area contributed by atoms with Crippen LogP contribution in [0.1, 0.15) is 119 Å². The highest BCUT2D eigenvalue weighted by atomic mass is 16.2. The molecule has 0 spiro atoms. The second kappa shape index (κ2) is 21.0. The van der Waals surface area contributed by atoms with Crippen LogP contribution in [0.3, 0.4) is 0 Å². The molecule has 67 heavy (non-hydrogen) atoms. The molecule has 15 nitrogen and oxygen atoms in total. The molecule has 3 aliphatic heterocycles.